The Morgan fingerprint density at radius 2 is 2.05 bits per heavy atom. The number of carboxylic acids is 1. The number of nitrogens with zero attached hydrogens (tertiary/aromatic N) is 4. The molecule has 19 heavy (non-hydrogen) atoms. The predicted molar refractivity (Wildman–Crippen MR) is 74.6 cm³/mol. The van der Waals surface area contributed by atoms with E-state index in [0.29, 0.717) is 11.9 Å². The number of carbonyl (C=O) groups is 1. The number of carboxylic acid groups (broad SMARTS) is 1. The molecule has 0 aliphatic carbocycles. The van der Waals surface area contributed by atoms with Crippen LogP contribution in [0.5, 0.6) is 0 Å². The molecule has 1 N–H and O–H groups in total. The summed E-state index contributed by atoms with van der Waals surface area (Å²) >= 11 is 0. The van der Waals surface area contributed by atoms with E-state index in [-0.39, 0.29) is 5.69 Å². The molecule has 0 saturated carbocycles. The summed E-state index contributed by atoms with van der Waals surface area (Å²) in [6, 6.07) is 1.41. The Kier molecular flexibility index (Phi) is 5.69. The van der Waals surface area contributed by atoms with Crippen molar-refractivity contribution in [3.05, 3.63) is 18.0 Å². The lowest BCUT2D eigenvalue weighted by molar-refractivity contribution is 0.0690. The molecule has 0 aromatic carbocycles. The van der Waals surface area contributed by atoms with E-state index in [1.807, 2.05) is 19.0 Å². The van der Waals surface area contributed by atoms with Gasteiger partial charge in [0.05, 0.1) is 0 Å². The van der Waals surface area contributed by atoms with Crippen molar-refractivity contribution >= 4 is 11.9 Å². The number of likely N-dealkylation sites (N-methyl/N-ethyl adjacent to an activating group) is 1. The van der Waals surface area contributed by atoms with Crippen molar-refractivity contribution in [2.75, 3.05) is 38.6 Å². The van der Waals surface area contributed by atoms with Gasteiger partial charge in [-0.25, -0.2) is 14.8 Å². The van der Waals surface area contributed by atoms with E-state index in [1.165, 1.54) is 12.3 Å². The Morgan fingerprint density at radius 3 is 2.58 bits per heavy atom. The van der Waals surface area contributed by atoms with Gasteiger partial charge < -0.3 is 14.9 Å². The number of aromatic nitrogens is 2. The van der Waals surface area contributed by atoms with Gasteiger partial charge in [-0.1, -0.05) is 13.8 Å². The summed E-state index contributed by atoms with van der Waals surface area (Å²) in [7, 11) is 4.00. The van der Waals surface area contributed by atoms with Crippen molar-refractivity contribution in [2.45, 2.75) is 13.8 Å². The Labute approximate surface area is 114 Å². The fourth-order valence-corrected chi connectivity index (χ4v) is 1.65. The van der Waals surface area contributed by atoms with E-state index in [1.54, 1.807) is 0 Å². The molecular formula is C13H22N4O2. The van der Waals surface area contributed by atoms with Gasteiger partial charge in [0.2, 0.25) is 5.95 Å². The van der Waals surface area contributed by atoms with Crippen LogP contribution in [-0.4, -0.2) is 59.7 Å². The van der Waals surface area contributed by atoms with Crippen LogP contribution in [0.25, 0.3) is 0 Å². The average Bonchev–Trinajstić information content (AvgIpc) is 2.34. The molecule has 0 bridgehead atoms. The first kappa shape index (κ1) is 15.4. The van der Waals surface area contributed by atoms with Crippen LogP contribution in [0.1, 0.15) is 24.3 Å². The van der Waals surface area contributed by atoms with E-state index in [2.05, 4.69) is 28.7 Å². The molecule has 0 unspecified atom stereocenters. The van der Waals surface area contributed by atoms with Gasteiger partial charge >= 0.3 is 5.97 Å². The zero-order chi connectivity index (χ0) is 14.4. The first-order valence-electron chi connectivity index (χ1n) is 6.36. The Morgan fingerprint density at radius 1 is 1.37 bits per heavy atom. The molecule has 1 rings (SSSR count). The number of hydrogen-bond acceptors (Lipinski definition) is 5. The summed E-state index contributed by atoms with van der Waals surface area (Å²) in [5.74, 6) is -0.0875. The van der Waals surface area contributed by atoms with Gasteiger partial charge in [0.1, 0.15) is 0 Å². The summed E-state index contributed by atoms with van der Waals surface area (Å²) in [4.78, 5) is 23.3. The minimum Gasteiger partial charge on any atom is -0.477 e. The Bertz CT molecular complexity index is 421. The molecular weight excluding hydrogens is 244 g/mol. The molecule has 0 atom stereocenters. The lowest BCUT2D eigenvalue weighted by Crippen LogP contribution is -2.35. The highest BCUT2D eigenvalue weighted by Crippen LogP contribution is 2.10. The fourth-order valence-electron chi connectivity index (χ4n) is 1.65. The number of aromatic carboxylic acids is 1. The summed E-state index contributed by atoms with van der Waals surface area (Å²) in [6.07, 6.45) is 1.49. The van der Waals surface area contributed by atoms with Crippen LogP contribution < -0.4 is 4.90 Å². The Balaban J connectivity index is 2.89. The van der Waals surface area contributed by atoms with Crippen LogP contribution in [0, 0.1) is 5.92 Å². The molecule has 6 nitrogen and oxygen atoms in total. The van der Waals surface area contributed by atoms with E-state index in [0.717, 1.165) is 19.6 Å². The highest BCUT2D eigenvalue weighted by Gasteiger charge is 2.14. The molecule has 0 aliphatic heterocycles. The van der Waals surface area contributed by atoms with Gasteiger partial charge in [-0.3, -0.25) is 0 Å². The Hall–Kier alpha value is -1.69. The largest absolute Gasteiger partial charge is 0.477 e. The van der Waals surface area contributed by atoms with Gasteiger partial charge in [-0.2, -0.15) is 0 Å². The maximum Gasteiger partial charge on any atom is 0.354 e. The van der Waals surface area contributed by atoms with Crippen molar-refractivity contribution in [2.24, 2.45) is 5.92 Å². The minimum absolute atomic E-state index is 0.0311. The van der Waals surface area contributed by atoms with Crippen LogP contribution in [0.4, 0.5) is 5.95 Å². The maximum atomic E-state index is 10.9. The minimum atomic E-state index is -1.03. The van der Waals surface area contributed by atoms with Crippen LogP contribution in [0.15, 0.2) is 12.3 Å². The molecule has 6 heteroatoms. The summed E-state index contributed by atoms with van der Waals surface area (Å²) in [5, 5.41) is 8.97. The van der Waals surface area contributed by atoms with E-state index in [9.17, 15) is 4.79 Å². The molecule has 0 aliphatic rings. The zero-order valence-corrected chi connectivity index (χ0v) is 12.0. The number of rotatable bonds is 7. The summed E-state index contributed by atoms with van der Waals surface area (Å²) in [6.45, 7) is 6.67. The smallest absolute Gasteiger partial charge is 0.354 e. The van der Waals surface area contributed by atoms with Gasteiger partial charge in [0.15, 0.2) is 5.69 Å². The van der Waals surface area contributed by atoms with Gasteiger partial charge in [0.25, 0.3) is 0 Å². The molecule has 0 spiro atoms. The predicted octanol–water partition coefficient (Wildman–Crippen LogP) is 1.20. The molecule has 0 fully saturated rings. The van der Waals surface area contributed by atoms with Gasteiger partial charge in [-0.05, 0) is 26.1 Å². The zero-order valence-electron chi connectivity index (χ0n) is 12.0. The molecule has 0 radical (unpaired) electrons. The third-order valence-electron chi connectivity index (χ3n) is 2.55. The highest BCUT2D eigenvalue weighted by atomic mass is 16.4. The highest BCUT2D eigenvalue weighted by molar-refractivity contribution is 5.85. The standard InChI is InChI=1S/C13H22N4O2/c1-10(2)9-17(8-7-16(3)4)13-14-6-5-11(15-13)12(18)19/h5-6,10H,7-9H2,1-4H3,(H,18,19). The normalized spacial score (nSPS) is 11.1. The topological polar surface area (TPSA) is 69.6 Å². The number of hydrogen-bond donors (Lipinski definition) is 1. The second-order valence-corrected chi connectivity index (χ2v) is 5.19. The van der Waals surface area contributed by atoms with Crippen molar-refractivity contribution in [1.29, 1.82) is 0 Å². The van der Waals surface area contributed by atoms with E-state index in [4.69, 9.17) is 5.11 Å². The second-order valence-electron chi connectivity index (χ2n) is 5.19. The SMILES string of the molecule is CC(C)CN(CCN(C)C)c1nccc(C(=O)O)n1. The molecule has 106 valence electrons. The second kappa shape index (κ2) is 7.04. The summed E-state index contributed by atoms with van der Waals surface area (Å²) < 4.78 is 0. The molecule has 1 heterocycles. The third-order valence-corrected chi connectivity index (χ3v) is 2.55. The van der Waals surface area contributed by atoms with Crippen molar-refractivity contribution in [3.8, 4) is 0 Å². The number of anilines is 1. The first-order valence-corrected chi connectivity index (χ1v) is 6.36. The maximum absolute atomic E-state index is 10.9. The van der Waals surface area contributed by atoms with Crippen LogP contribution in [-0.2, 0) is 0 Å². The van der Waals surface area contributed by atoms with Crippen LogP contribution >= 0.6 is 0 Å². The molecule has 1 aromatic heterocycles. The fraction of sp³-hybridized carbons (Fsp3) is 0.615. The lowest BCUT2D eigenvalue weighted by Gasteiger charge is -2.26. The molecule has 1 aromatic rings. The molecule has 0 saturated heterocycles. The third kappa shape index (κ3) is 5.21. The van der Waals surface area contributed by atoms with Gasteiger partial charge in [-0.15, -0.1) is 0 Å². The average molecular weight is 266 g/mol. The van der Waals surface area contributed by atoms with Crippen LogP contribution in [0.2, 0.25) is 0 Å². The lowest BCUT2D eigenvalue weighted by atomic mass is 10.2. The monoisotopic (exact) mass is 266 g/mol. The summed E-state index contributed by atoms with van der Waals surface area (Å²) in [5.41, 5.74) is 0.0311. The quantitative estimate of drug-likeness (QED) is 0.799. The van der Waals surface area contributed by atoms with E-state index >= 15 is 0 Å². The van der Waals surface area contributed by atoms with Crippen molar-refractivity contribution in [1.82, 2.24) is 14.9 Å². The van der Waals surface area contributed by atoms with Gasteiger partial charge in [0, 0.05) is 25.8 Å². The van der Waals surface area contributed by atoms with Crippen molar-refractivity contribution in [3.63, 3.8) is 0 Å². The van der Waals surface area contributed by atoms with Crippen LogP contribution in [0.3, 0.4) is 0 Å². The first-order chi connectivity index (χ1) is 8.90. The van der Waals surface area contributed by atoms with Crippen molar-refractivity contribution < 1.29 is 9.90 Å². The van der Waals surface area contributed by atoms with E-state index < -0.39 is 5.97 Å². The molecule has 0 amide bonds.